The van der Waals surface area contributed by atoms with Gasteiger partial charge in [0.15, 0.2) is 0 Å². The van der Waals surface area contributed by atoms with Crippen molar-refractivity contribution in [2.24, 2.45) is 0 Å². The number of methoxy groups -OCH3 is 1. The molecule has 2 rings (SSSR count). The third-order valence-corrected chi connectivity index (χ3v) is 3.64. The van der Waals surface area contributed by atoms with Crippen LogP contribution in [-0.2, 0) is 0 Å². The van der Waals surface area contributed by atoms with E-state index in [1.54, 1.807) is 37.4 Å². The number of carbonyl (C=O) groups excluding carboxylic acids is 2. The van der Waals surface area contributed by atoms with Crippen molar-refractivity contribution in [3.63, 3.8) is 0 Å². The zero-order valence-corrected chi connectivity index (χ0v) is 12.4. The molecule has 0 bridgehead atoms. The first-order valence-corrected chi connectivity index (χ1v) is 7.32. The van der Waals surface area contributed by atoms with E-state index in [2.05, 4.69) is 10.6 Å². The normalized spacial score (nSPS) is 9.95. The van der Waals surface area contributed by atoms with Gasteiger partial charge in [-0.25, -0.2) is 0 Å². The second-order valence-corrected chi connectivity index (χ2v) is 5.17. The Hall–Kier alpha value is -2.34. The summed E-state index contributed by atoms with van der Waals surface area (Å²) in [5.41, 5.74) is 0.527. The van der Waals surface area contributed by atoms with Crippen LogP contribution >= 0.6 is 11.3 Å². The zero-order valence-electron chi connectivity index (χ0n) is 11.6. The third-order valence-electron chi connectivity index (χ3n) is 2.77. The summed E-state index contributed by atoms with van der Waals surface area (Å²) in [5.74, 6) is 0.313. The highest BCUT2D eigenvalue weighted by Gasteiger charge is 2.07. The Morgan fingerprint density at radius 1 is 1.10 bits per heavy atom. The van der Waals surface area contributed by atoms with E-state index in [1.165, 1.54) is 11.3 Å². The molecule has 0 radical (unpaired) electrons. The molecule has 0 saturated carbocycles. The van der Waals surface area contributed by atoms with Crippen LogP contribution in [0.2, 0.25) is 0 Å². The minimum atomic E-state index is -0.195. The van der Waals surface area contributed by atoms with E-state index in [4.69, 9.17) is 4.74 Å². The molecule has 1 aromatic carbocycles. The summed E-state index contributed by atoms with van der Waals surface area (Å²) in [6.45, 7) is 0.750. The monoisotopic (exact) mass is 304 g/mol. The predicted octanol–water partition coefficient (Wildman–Crippen LogP) is 1.92. The van der Waals surface area contributed by atoms with Gasteiger partial charge < -0.3 is 15.4 Å². The van der Waals surface area contributed by atoms with Crippen LogP contribution in [0.1, 0.15) is 20.0 Å². The van der Waals surface area contributed by atoms with Gasteiger partial charge in [-0.2, -0.15) is 0 Å². The van der Waals surface area contributed by atoms with E-state index < -0.39 is 0 Å². The first-order valence-electron chi connectivity index (χ1n) is 6.44. The number of hydrogen-bond donors (Lipinski definition) is 2. The summed E-state index contributed by atoms with van der Waals surface area (Å²) in [5, 5.41) is 7.34. The van der Waals surface area contributed by atoms with Crippen LogP contribution in [0.5, 0.6) is 5.75 Å². The highest BCUT2D eigenvalue weighted by Crippen LogP contribution is 2.12. The van der Waals surface area contributed by atoms with Gasteiger partial charge in [-0.3, -0.25) is 9.59 Å². The largest absolute Gasteiger partial charge is 0.497 e. The molecule has 0 spiro atoms. The fraction of sp³-hybridized carbons (Fsp3) is 0.200. The quantitative estimate of drug-likeness (QED) is 0.801. The summed E-state index contributed by atoms with van der Waals surface area (Å²) in [7, 11) is 1.55. The Morgan fingerprint density at radius 2 is 1.86 bits per heavy atom. The topological polar surface area (TPSA) is 67.4 Å². The van der Waals surface area contributed by atoms with Crippen molar-refractivity contribution in [3.05, 3.63) is 52.2 Å². The Labute approximate surface area is 126 Å². The van der Waals surface area contributed by atoms with E-state index in [-0.39, 0.29) is 11.8 Å². The molecule has 2 N–H and O–H groups in total. The van der Waals surface area contributed by atoms with E-state index in [0.29, 0.717) is 29.3 Å². The fourth-order valence-corrected chi connectivity index (χ4v) is 2.35. The second kappa shape index (κ2) is 7.44. The van der Waals surface area contributed by atoms with Gasteiger partial charge >= 0.3 is 0 Å². The van der Waals surface area contributed by atoms with Crippen LogP contribution in [0, 0.1) is 0 Å². The third kappa shape index (κ3) is 4.32. The number of nitrogens with one attached hydrogen (secondary N) is 2. The van der Waals surface area contributed by atoms with Crippen molar-refractivity contribution in [3.8, 4) is 5.75 Å². The number of ether oxygens (including phenoxy) is 1. The standard InChI is InChI=1S/C15H16N2O3S/c1-20-12-5-2-4-11(10-12)14(18)16-7-8-17-15(19)13-6-3-9-21-13/h2-6,9-10H,7-8H2,1H3,(H,16,18)(H,17,19). The molecular formula is C15H16N2O3S. The molecule has 0 unspecified atom stereocenters. The molecule has 21 heavy (non-hydrogen) atoms. The van der Waals surface area contributed by atoms with Crippen LogP contribution in [-0.4, -0.2) is 32.0 Å². The number of hydrogen-bond acceptors (Lipinski definition) is 4. The molecule has 0 saturated heterocycles. The maximum absolute atomic E-state index is 11.9. The average molecular weight is 304 g/mol. The van der Waals surface area contributed by atoms with Crippen molar-refractivity contribution < 1.29 is 14.3 Å². The van der Waals surface area contributed by atoms with E-state index in [0.717, 1.165) is 0 Å². The molecule has 0 aliphatic rings. The smallest absolute Gasteiger partial charge is 0.261 e. The molecule has 0 aliphatic heterocycles. The lowest BCUT2D eigenvalue weighted by Gasteiger charge is -2.07. The van der Waals surface area contributed by atoms with Crippen LogP contribution in [0.15, 0.2) is 41.8 Å². The summed E-state index contributed by atoms with van der Waals surface area (Å²) in [4.78, 5) is 24.2. The van der Waals surface area contributed by atoms with Gasteiger partial charge in [0.2, 0.25) is 0 Å². The maximum atomic E-state index is 11.9. The van der Waals surface area contributed by atoms with Crippen LogP contribution in [0.3, 0.4) is 0 Å². The summed E-state index contributed by atoms with van der Waals surface area (Å²) < 4.78 is 5.07. The van der Waals surface area contributed by atoms with Crippen molar-refractivity contribution >= 4 is 23.2 Å². The Balaban J connectivity index is 1.75. The van der Waals surface area contributed by atoms with Gasteiger partial charge in [0.05, 0.1) is 12.0 Å². The molecule has 2 aromatic rings. The molecule has 2 amide bonds. The molecule has 1 aromatic heterocycles. The van der Waals surface area contributed by atoms with Crippen LogP contribution in [0.4, 0.5) is 0 Å². The number of carbonyl (C=O) groups is 2. The lowest BCUT2D eigenvalue weighted by molar-refractivity contribution is 0.0929. The summed E-state index contributed by atoms with van der Waals surface area (Å²) in [6.07, 6.45) is 0. The summed E-state index contributed by atoms with van der Waals surface area (Å²) in [6, 6.07) is 10.5. The first kappa shape index (κ1) is 15.1. The van der Waals surface area contributed by atoms with Gasteiger partial charge in [0.1, 0.15) is 5.75 Å². The first-order chi connectivity index (χ1) is 10.2. The second-order valence-electron chi connectivity index (χ2n) is 4.22. The number of rotatable bonds is 6. The Kier molecular flexibility index (Phi) is 5.34. The molecule has 0 atom stereocenters. The highest BCUT2D eigenvalue weighted by molar-refractivity contribution is 7.12. The van der Waals surface area contributed by atoms with Gasteiger partial charge in [-0.15, -0.1) is 11.3 Å². The van der Waals surface area contributed by atoms with Gasteiger partial charge in [-0.1, -0.05) is 12.1 Å². The molecule has 0 fully saturated rings. The van der Waals surface area contributed by atoms with E-state index >= 15 is 0 Å². The van der Waals surface area contributed by atoms with Crippen molar-refractivity contribution in [1.82, 2.24) is 10.6 Å². The van der Waals surface area contributed by atoms with Crippen LogP contribution < -0.4 is 15.4 Å². The number of thiophene rings is 1. The minimum Gasteiger partial charge on any atom is -0.497 e. The van der Waals surface area contributed by atoms with E-state index in [9.17, 15) is 9.59 Å². The molecule has 1 heterocycles. The predicted molar refractivity (Wildman–Crippen MR) is 82.0 cm³/mol. The van der Waals surface area contributed by atoms with Crippen LogP contribution in [0.25, 0.3) is 0 Å². The SMILES string of the molecule is COc1cccc(C(=O)NCCNC(=O)c2cccs2)c1. The van der Waals surface area contributed by atoms with Gasteiger partial charge in [0.25, 0.3) is 11.8 Å². The number of amides is 2. The zero-order chi connectivity index (χ0) is 15.1. The maximum Gasteiger partial charge on any atom is 0.261 e. The van der Waals surface area contributed by atoms with Gasteiger partial charge in [-0.05, 0) is 29.6 Å². The van der Waals surface area contributed by atoms with Gasteiger partial charge in [0, 0.05) is 18.7 Å². The molecule has 6 heteroatoms. The molecule has 0 aliphatic carbocycles. The molecule has 5 nitrogen and oxygen atoms in total. The van der Waals surface area contributed by atoms with Crippen molar-refractivity contribution in [2.75, 3.05) is 20.2 Å². The Morgan fingerprint density at radius 3 is 2.52 bits per heavy atom. The van der Waals surface area contributed by atoms with Crippen molar-refractivity contribution in [2.45, 2.75) is 0 Å². The molecular weight excluding hydrogens is 288 g/mol. The molecule has 110 valence electrons. The summed E-state index contributed by atoms with van der Waals surface area (Å²) >= 11 is 1.38. The Bertz CT molecular complexity index is 611. The van der Waals surface area contributed by atoms with E-state index in [1.807, 2.05) is 11.4 Å². The lowest BCUT2D eigenvalue weighted by Crippen LogP contribution is -2.34. The average Bonchev–Trinajstić information content (AvgIpc) is 3.05. The number of benzene rings is 1. The lowest BCUT2D eigenvalue weighted by atomic mass is 10.2. The highest BCUT2D eigenvalue weighted by atomic mass is 32.1. The minimum absolute atomic E-state index is 0.124. The fourth-order valence-electron chi connectivity index (χ4n) is 1.71. The van der Waals surface area contributed by atoms with Crippen molar-refractivity contribution in [1.29, 1.82) is 0 Å².